The van der Waals surface area contributed by atoms with Crippen molar-refractivity contribution in [2.45, 2.75) is 13.1 Å². The largest absolute Gasteiger partial charge is 0.493 e. The van der Waals surface area contributed by atoms with Crippen LogP contribution in [0.15, 0.2) is 36.4 Å². The van der Waals surface area contributed by atoms with E-state index in [1.165, 1.54) is 12.1 Å². The maximum absolute atomic E-state index is 13.1. The maximum atomic E-state index is 13.1. The number of rotatable bonds is 7. The fourth-order valence-electron chi connectivity index (χ4n) is 2.24. The van der Waals surface area contributed by atoms with E-state index in [4.69, 9.17) is 14.2 Å². The average Bonchev–Trinajstić information content (AvgIpc) is 2.53. The number of nitrogens with one attached hydrogen (secondary N) is 1. The molecule has 5 heteroatoms. The third-order valence-electron chi connectivity index (χ3n) is 3.27. The lowest BCUT2D eigenvalue weighted by molar-refractivity contribution is 0.323. The molecule has 0 aliphatic carbocycles. The molecule has 22 heavy (non-hydrogen) atoms. The monoisotopic (exact) mass is 305 g/mol. The predicted molar refractivity (Wildman–Crippen MR) is 83.0 cm³/mol. The van der Waals surface area contributed by atoms with Gasteiger partial charge in [0, 0.05) is 13.1 Å². The number of hydrogen-bond acceptors (Lipinski definition) is 4. The summed E-state index contributed by atoms with van der Waals surface area (Å²) in [5.74, 6) is 1.57. The van der Waals surface area contributed by atoms with Crippen molar-refractivity contribution in [3.05, 3.63) is 53.3 Å². The van der Waals surface area contributed by atoms with Crippen molar-refractivity contribution in [2.24, 2.45) is 0 Å². The second kappa shape index (κ2) is 7.66. The zero-order valence-electron chi connectivity index (χ0n) is 13.0. The lowest BCUT2D eigenvalue weighted by Crippen LogP contribution is -2.13. The smallest absolute Gasteiger partial charge is 0.203 e. The van der Waals surface area contributed by atoms with E-state index in [9.17, 15) is 4.39 Å². The Labute approximate surface area is 129 Å². The second-order valence-corrected chi connectivity index (χ2v) is 4.77. The topological polar surface area (TPSA) is 39.7 Å². The molecule has 2 aromatic carbocycles. The number of ether oxygens (including phenoxy) is 3. The number of benzene rings is 2. The Kier molecular flexibility index (Phi) is 5.61. The van der Waals surface area contributed by atoms with Crippen molar-refractivity contribution in [3.63, 3.8) is 0 Å². The van der Waals surface area contributed by atoms with Gasteiger partial charge in [0.05, 0.1) is 21.3 Å². The van der Waals surface area contributed by atoms with E-state index in [0.717, 1.165) is 11.1 Å². The molecule has 0 aliphatic rings. The Bertz CT molecular complexity index is 606. The van der Waals surface area contributed by atoms with Gasteiger partial charge in [0.25, 0.3) is 0 Å². The molecule has 0 radical (unpaired) electrons. The number of methoxy groups -OCH3 is 3. The van der Waals surface area contributed by atoms with Gasteiger partial charge in [-0.15, -0.1) is 0 Å². The van der Waals surface area contributed by atoms with Gasteiger partial charge in [-0.25, -0.2) is 4.39 Å². The fraction of sp³-hybridized carbons (Fsp3) is 0.294. The Balaban J connectivity index is 2.06. The first kappa shape index (κ1) is 16.1. The summed E-state index contributed by atoms with van der Waals surface area (Å²) in [5.41, 5.74) is 1.89. The zero-order chi connectivity index (χ0) is 15.9. The van der Waals surface area contributed by atoms with Crippen LogP contribution < -0.4 is 19.5 Å². The molecule has 0 bridgehead atoms. The molecule has 1 N–H and O–H groups in total. The molecule has 0 aromatic heterocycles. The lowest BCUT2D eigenvalue weighted by atomic mass is 10.1. The quantitative estimate of drug-likeness (QED) is 0.853. The minimum Gasteiger partial charge on any atom is -0.493 e. The lowest BCUT2D eigenvalue weighted by Gasteiger charge is -2.14. The summed E-state index contributed by atoms with van der Waals surface area (Å²) in [5, 5.41) is 3.27. The normalized spacial score (nSPS) is 10.4. The molecular formula is C17H20FNO3. The standard InChI is InChI=1S/C17H20FNO3/c1-20-15-8-13(9-16(21-2)17(15)22-3)11-19-10-12-5-4-6-14(18)7-12/h4-9,19H,10-11H2,1-3H3. The van der Waals surface area contributed by atoms with Crippen LogP contribution in [-0.2, 0) is 13.1 Å². The summed E-state index contributed by atoms with van der Waals surface area (Å²) in [7, 11) is 4.74. The Morgan fingerprint density at radius 1 is 0.864 bits per heavy atom. The predicted octanol–water partition coefficient (Wildman–Crippen LogP) is 3.14. The fourth-order valence-corrected chi connectivity index (χ4v) is 2.24. The Morgan fingerprint density at radius 2 is 1.50 bits per heavy atom. The van der Waals surface area contributed by atoms with Crippen LogP contribution in [-0.4, -0.2) is 21.3 Å². The van der Waals surface area contributed by atoms with Crippen molar-refractivity contribution in [3.8, 4) is 17.2 Å². The van der Waals surface area contributed by atoms with E-state index in [1.54, 1.807) is 27.4 Å². The minimum atomic E-state index is -0.230. The Hall–Kier alpha value is -2.27. The van der Waals surface area contributed by atoms with Crippen LogP contribution in [0.25, 0.3) is 0 Å². The van der Waals surface area contributed by atoms with Crippen molar-refractivity contribution in [2.75, 3.05) is 21.3 Å². The minimum absolute atomic E-state index is 0.230. The van der Waals surface area contributed by atoms with Crippen molar-refractivity contribution in [1.82, 2.24) is 5.32 Å². The third kappa shape index (κ3) is 3.89. The van der Waals surface area contributed by atoms with Gasteiger partial charge in [0.2, 0.25) is 5.75 Å². The van der Waals surface area contributed by atoms with Gasteiger partial charge in [0.15, 0.2) is 11.5 Å². The molecule has 4 nitrogen and oxygen atoms in total. The zero-order valence-corrected chi connectivity index (χ0v) is 13.0. The highest BCUT2D eigenvalue weighted by atomic mass is 19.1. The van der Waals surface area contributed by atoms with Gasteiger partial charge >= 0.3 is 0 Å². The van der Waals surface area contributed by atoms with Crippen molar-refractivity contribution in [1.29, 1.82) is 0 Å². The van der Waals surface area contributed by atoms with Crippen LogP contribution in [0.1, 0.15) is 11.1 Å². The maximum Gasteiger partial charge on any atom is 0.203 e. The van der Waals surface area contributed by atoms with Crippen molar-refractivity contribution < 1.29 is 18.6 Å². The first-order valence-corrected chi connectivity index (χ1v) is 6.92. The Morgan fingerprint density at radius 3 is 2.05 bits per heavy atom. The van der Waals surface area contributed by atoms with Gasteiger partial charge in [-0.1, -0.05) is 12.1 Å². The molecule has 118 valence electrons. The molecule has 0 heterocycles. The summed E-state index contributed by atoms with van der Waals surface area (Å²) in [4.78, 5) is 0. The highest BCUT2D eigenvalue weighted by Gasteiger charge is 2.12. The van der Waals surface area contributed by atoms with Gasteiger partial charge in [-0.3, -0.25) is 0 Å². The molecule has 0 atom stereocenters. The van der Waals surface area contributed by atoms with Crippen LogP contribution in [0.3, 0.4) is 0 Å². The van der Waals surface area contributed by atoms with E-state index < -0.39 is 0 Å². The van der Waals surface area contributed by atoms with Gasteiger partial charge in [0.1, 0.15) is 5.82 Å². The van der Waals surface area contributed by atoms with E-state index in [0.29, 0.717) is 30.3 Å². The van der Waals surface area contributed by atoms with Crippen LogP contribution in [0, 0.1) is 5.82 Å². The molecule has 2 rings (SSSR count). The molecule has 0 amide bonds. The van der Waals surface area contributed by atoms with Gasteiger partial charge in [-0.05, 0) is 35.4 Å². The van der Waals surface area contributed by atoms with Gasteiger partial charge < -0.3 is 19.5 Å². The van der Waals surface area contributed by atoms with Crippen LogP contribution in [0.5, 0.6) is 17.2 Å². The van der Waals surface area contributed by atoms with E-state index in [-0.39, 0.29) is 5.82 Å². The molecule has 0 saturated heterocycles. The highest BCUT2D eigenvalue weighted by Crippen LogP contribution is 2.38. The van der Waals surface area contributed by atoms with Crippen LogP contribution >= 0.6 is 0 Å². The van der Waals surface area contributed by atoms with E-state index >= 15 is 0 Å². The summed E-state index contributed by atoms with van der Waals surface area (Å²) in [6.07, 6.45) is 0. The molecule has 0 saturated carbocycles. The molecule has 0 spiro atoms. The summed E-state index contributed by atoms with van der Waals surface area (Å²) in [6, 6.07) is 10.3. The van der Waals surface area contributed by atoms with Crippen LogP contribution in [0.2, 0.25) is 0 Å². The van der Waals surface area contributed by atoms with Crippen molar-refractivity contribution >= 4 is 0 Å². The van der Waals surface area contributed by atoms with E-state index in [2.05, 4.69) is 5.32 Å². The molecular weight excluding hydrogens is 285 g/mol. The van der Waals surface area contributed by atoms with Crippen LogP contribution in [0.4, 0.5) is 4.39 Å². The van der Waals surface area contributed by atoms with Gasteiger partial charge in [-0.2, -0.15) is 0 Å². The van der Waals surface area contributed by atoms with E-state index in [1.807, 2.05) is 18.2 Å². The molecule has 0 unspecified atom stereocenters. The second-order valence-electron chi connectivity index (χ2n) is 4.77. The molecule has 2 aromatic rings. The summed E-state index contributed by atoms with van der Waals surface area (Å²) < 4.78 is 29.0. The summed E-state index contributed by atoms with van der Waals surface area (Å²) >= 11 is 0. The highest BCUT2D eigenvalue weighted by molar-refractivity contribution is 5.53. The average molecular weight is 305 g/mol. The first-order chi connectivity index (χ1) is 10.7. The first-order valence-electron chi connectivity index (χ1n) is 6.92. The number of hydrogen-bond donors (Lipinski definition) is 1. The third-order valence-corrected chi connectivity index (χ3v) is 3.27. The SMILES string of the molecule is COc1cc(CNCc2cccc(F)c2)cc(OC)c1OC. The molecule has 0 fully saturated rings. The molecule has 0 aliphatic heterocycles. The number of halogens is 1. The summed E-state index contributed by atoms with van der Waals surface area (Å²) in [6.45, 7) is 1.18.